The van der Waals surface area contributed by atoms with Crippen LogP contribution >= 0.6 is 0 Å². The second kappa shape index (κ2) is 11.4. The van der Waals surface area contributed by atoms with Crippen molar-refractivity contribution < 1.29 is 19.6 Å². The van der Waals surface area contributed by atoms with E-state index in [1.165, 1.54) is 12.1 Å². The summed E-state index contributed by atoms with van der Waals surface area (Å²) in [5, 5.41) is 24.1. The van der Waals surface area contributed by atoms with Crippen molar-refractivity contribution in [2.75, 3.05) is 0 Å². The number of nitro groups is 1. The van der Waals surface area contributed by atoms with E-state index >= 15 is 0 Å². The summed E-state index contributed by atoms with van der Waals surface area (Å²) in [6, 6.07) is 22.4. The second-order valence-corrected chi connectivity index (χ2v) is 10.5. The third-order valence-corrected chi connectivity index (χ3v) is 8.20. The smallest absolute Gasteiger partial charge is 0.269 e. The summed E-state index contributed by atoms with van der Waals surface area (Å²) in [5.41, 5.74) is 1.68. The Bertz CT molecular complexity index is 1320. The fraction of sp³-hybridized carbons (Fsp3) is 0.355. The Labute approximate surface area is 227 Å². The maximum atomic E-state index is 14.4. The van der Waals surface area contributed by atoms with E-state index in [0.717, 1.165) is 48.8 Å². The summed E-state index contributed by atoms with van der Waals surface area (Å²) in [7, 11) is 0. The van der Waals surface area contributed by atoms with Gasteiger partial charge in [0.15, 0.2) is 0 Å². The van der Waals surface area contributed by atoms with Crippen molar-refractivity contribution in [1.82, 2.24) is 10.2 Å². The number of aliphatic hydroxyl groups excluding tert-OH is 1. The molecule has 1 heterocycles. The fourth-order valence-corrected chi connectivity index (χ4v) is 6.24. The number of carbonyl (C=O) groups is 2. The Hall–Kier alpha value is -4.04. The highest BCUT2D eigenvalue weighted by molar-refractivity contribution is 5.98. The van der Waals surface area contributed by atoms with E-state index in [4.69, 9.17) is 0 Å². The van der Waals surface area contributed by atoms with Gasteiger partial charge in [-0.25, -0.2) is 0 Å². The van der Waals surface area contributed by atoms with Gasteiger partial charge in [0.2, 0.25) is 11.8 Å². The average Bonchev–Trinajstić information content (AvgIpc) is 3.30. The molecule has 1 aliphatic heterocycles. The molecule has 1 saturated carbocycles. The highest BCUT2D eigenvalue weighted by atomic mass is 16.6. The zero-order valence-electron chi connectivity index (χ0n) is 21.8. The Balaban J connectivity index is 1.64. The number of hydrogen-bond acceptors (Lipinski definition) is 5. The molecular weight excluding hydrogens is 494 g/mol. The molecule has 3 aromatic carbocycles. The maximum Gasteiger partial charge on any atom is 0.269 e. The molecule has 0 spiro atoms. The Morgan fingerprint density at radius 2 is 1.62 bits per heavy atom. The van der Waals surface area contributed by atoms with Gasteiger partial charge in [0.1, 0.15) is 5.41 Å². The third-order valence-electron chi connectivity index (χ3n) is 8.20. The topological polar surface area (TPSA) is 113 Å². The van der Waals surface area contributed by atoms with Gasteiger partial charge < -0.3 is 15.3 Å². The lowest BCUT2D eigenvalue weighted by atomic mass is 9.70. The first kappa shape index (κ1) is 26.6. The van der Waals surface area contributed by atoms with Gasteiger partial charge in [-0.3, -0.25) is 19.7 Å². The molecule has 5 rings (SSSR count). The van der Waals surface area contributed by atoms with Crippen LogP contribution in [-0.2, 0) is 28.2 Å². The number of nitro benzene ring substituents is 1. The van der Waals surface area contributed by atoms with Crippen molar-refractivity contribution in [1.29, 1.82) is 0 Å². The highest BCUT2D eigenvalue weighted by Crippen LogP contribution is 2.52. The predicted molar refractivity (Wildman–Crippen MR) is 147 cm³/mol. The van der Waals surface area contributed by atoms with Gasteiger partial charge in [-0.1, -0.05) is 86.0 Å². The largest absolute Gasteiger partial charge is 0.392 e. The number of rotatable bonds is 8. The third kappa shape index (κ3) is 5.16. The van der Waals surface area contributed by atoms with Crippen molar-refractivity contribution in [3.8, 4) is 0 Å². The lowest BCUT2D eigenvalue weighted by Gasteiger charge is -2.41. The van der Waals surface area contributed by atoms with Gasteiger partial charge in [-0.2, -0.15) is 0 Å². The van der Waals surface area contributed by atoms with Gasteiger partial charge in [-0.05, 0) is 35.1 Å². The minimum Gasteiger partial charge on any atom is -0.392 e. The monoisotopic (exact) mass is 527 g/mol. The van der Waals surface area contributed by atoms with E-state index in [0.29, 0.717) is 12.1 Å². The molecule has 0 unspecified atom stereocenters. The number of likely N-dealkylation sites (tertiary alicyclic amines) is 1. The SMILES string of the molecule is O=C1C[C@@](C(=O)NCc2ccccc2)(c2ccc([N+](=O)[O-])cc2)[C@@H](c2ccc(CO)cc2)N1C1CCCCC1. The van der Waals surface area contributed by atoms with Gasteiger partial charge >= 0.3 is 0 Å². The molecule has 39 heavy (non-hydrogen) atoms. The zero-order chi connectivity index (χ0) is 27.4. The molecule has 2 aliphatic rings. The summed E-state index contributed by atoms with van der Waals surface area (Å²) < 4.78 is 0. The molecule has 0 radical (unpaired) electrons. The number of nitrogens with zero attached hydrogens (tertiary/aromatic N) is 2. The minimum atomic E-state index is -1.29. The van der Waals surface area contributed by atoms with E-state index in [-0.39, 0.29) is 36.6 Å². The normalized spacial score (nSPS) is 21.6. The number of hydrogen-bond donors (Lipinski definition) is 2. The quantitative estimate of drug-likeness (QED) is 0.318. The molecule has 202 valence electrons. The molecule has 2 fully saturated rings. The van der Waals surface area contributed by atoms with E-state index in [9.17, 15) is 24.8 Å². The van der Waals surface area contributed by atoms with Crippen molar-refractivity contribution in [3.05, 3.63) is 111 Å². The van der Waals surface area contributed by atoms with Crippen molar-refractivity contribution in [3.63, 3.8) is 0 Å². The Morgan fingerprint density at radius 3 is 2.23 bits per heavy atom. The van der Waals surface area contributed by atoms with Crippen LogP contribution in [0, 0.1) is 10.1 Å². The van der Waals surface area contributed by atoms with Crippen LogP contribution < -0.4 is 5.32 Å². The second-order valence-electron chi connectivity index (χ2n) is 10.5. The number of amides is 2. The van der Waals surface area contributed by atoms with Gasteiger partial charge in [0, 0.05) is 31.1 Å². The van der Waals surface area contributed by atoms with Gasteiger partial charge in [0.25, 0.3) is 5.69 Å². The molecule has 8 heteroatoms. The zero-order valence-corrected chi connectivity index (χ0v) is 21.8. The van der Waals surface area contributed by atoms with Crippen LogP contribution in [0.5, 0.6) is 0 Å². The van der Waals surface area contributed by atoms with Crippen LogP contribution in [0.4, 0.5) is 5.69 Å². The van der Waals surface area contributed by atoms with Crippen LogP contribution in [0.25, 0.3) is 0 Å². The molecule has 1 aliphatic carbocycles. The first-order valence-electron chi connectivity index (χ1n) is 13.5. The van der Waals surface area contributed by atoms with E-state index < -0.39 is 16.4 Å². The molecule has 2 atom stereocenters. The summed E-state index contributed by atoms with van der Waals surface area (Å²) >= 11 is 0. The lowest BCUT2D eigenvalue weighted by Crippen LogP contribution is -2.50. The lowest BCUT2D eigenvalue weighted by molar-refractivity contribution is -0.384. The Morgan fingerprint density at radius 1 is 0.949 bits per heavy atom. The molecule has 3 aromatic rings. The summed E-state index contributed by atoms with van der Waals surface area (Å²) in [5.74, 6) is -0.380. The van der Waals surface area contributed by atoms with E-state index in [2.05, 4.69) is 5.32 Å². The van der Waals surface area contributed by atoms with Crippen molar-refractivity contribution in [2.24, 2.45) is 0 Å². The minimum absolute atomic E-state index is 0.00983. The van der Waals surface area contributed by atoms with Crippen molar-refractivity contribution >= 4 is 17.5 Å². The maximum absolute atomic E-state index is 14.4. The molecule has 0 bridgehead atoms. The van der Waals surface area contributed by atoms with Crippen molar-refractivity contribution in [2.45, 2.75) is 69.2 Å². The summed E-state index contributed by atoms with van der Waals surface area (Å²) in [4.78, 5) is 41.2. The van der Waals surface area contributed by atoms with Crippen LogP contribution in [0.3, 0.4) is 0 Å². The number of carbonyl (C=O) groups excluding carboxylic acids is 2. The Kier molecular flexibility index (Phi) is 7.74. The number of nitrogens with one attached hydrogen (secondary N) is 1. The standard InChI is InChI=1S/C31H33N3O5/c35-21-23-11-13-24(14-12-23)29-31(25-15-17-27(18-16-25)34(38)39,30(37)32-20-22-7-3-1-4-8-22)19-28(36)33(29)26-9-5-2-6-10-26/h1,3-4,7-8,11-18,26,29,35H,2,5-6,9-10,19-21H2,(H,32,37)/t29-,31-/m1/s1. The molecule has 8 nitrogen and oxygen atoms in total. The molecule has 2 amide bonds. The van der Waals surface area contributed by atoms with Crippen LogP contribution in [-0.4, -0.2) is 32.8 Å². The van der Waals surface area contributed by atoms with E-state index in [1.54, 1.807) is 12.1 Å². The molecular formula is C31H33N3O5. The van der Waals surface area contributed by atoms with Crippen LogP contribution in [0.15, 0.2) is 78.9 Å². The number of non-ortho nitro benzene ring substituents is 1. The molecule has 2 N–H and O–H groups in total. The molecule has 0 aromatic heterocycles. The summed E-state index contributed by atoms with van der Waals surface area (Å²) in [6.07, 6.45) is 4.89. The molecule has 1 saturated heterocycles. The predicted octanol–water partition coefficient (Wildman–Crippen LogP) is 4.95. The van der Waals surface area contributed by atoms with Gasteiger partial charge in [0.05, 0.1) is 17.6 Å². The van der Waals surface area contributed by atoms with E-state index in [1.807, 2.05) is 59.5 Å². The fourth-order valence-electron chi connectivity index (χ4n) is 6.24. The van der Waals surface area contributed by atoms with Gasteiger partial charge in [-0.15, -0.1) is 0 Å². The number of benzene rings is 3. The number of aliphatic hydroxyl groups is 1. The first-order valence-corrected chi connectivity index (χ1v) is 13.5. The van der Waals surface area contributed by atoms with Crippen LogP contribution in [0.1, 0.15) is 66.8 Å². The summed E-state index contributed by atoms with van der Waals surface area (Å²) in [6.45, 7) is 0.184. The average molecular weight is 528 g/mol. The first-order chi connectivity index (χ1) is 18.9. The highest BCUT2D eigenvalue weighted by Gasteiger charge is 2.59. The van der Waals surface area contributed by atoms with Crippen LogP contribution in [0.2, 0.25) is 0 Å².